The van der Waals surface area contributed by atoms with E-state index in [2.05, 4.69) is 22.0 Å². The van der Waals surface area contributed by atoms with E-state index >= 15 is 0 Å². The molecular weight excluding hydrogens is 346 g/mol. The number of hydrogen-bond acceptors (Lipinski definition) is 6. The molecule has 0 saturated carbocycles. The molecule has 0 bridgehead atoms. The summed E-state index contributed by atoms with van der Waals surface area (Å²) in [7, 11) is 1.61. The van der Waals surface area contributed by atoms with Crippen molar-refractivity contribution in [1.82, 2.24) is 15.5 Å². The summed E-state index contributed by atoms with van der Waals surface area (Å²) < 4.78 is 16.1. The zero-order valence-corrected chi connectivity index (χ0v) is 14.8. The molecule has 1 amide bonds. The van der Waals surface area contributed by atoms with Gasteiger partial charge in [0.15, 0.2) is 6.61 Å². The van der Waals surface area contributed by atoms with E-state index in [1.54, 1.807) is 37.5 Å². The monoisotopic (exact) mass is 365 g/mol. The van der Waals surface area contributed by atoms with Crippen molar-refractivity contribution in [1.29, 1.82) is 0 Å². The molecule has 1 N–H and O–H groups in total. The van der Waals surface area contributed by atoms with Crippen LogP contribution >= 0.6 is 0 Å². The fourth-order valence-corrected chi connectivity index (χ4v) is 2.35. The van der Waals surface area contributed by atoms with Gasteiger partial charge in [-0.3, -0.25) is 4.79 Å². The number of nitrogens with one attached hydrogen (secondary N) is 1. The number of rotatable bonds is 8. The van der Waals surface area contributed by atoms with Crippen LogP contribution in [0.3, 0.4) is 0 Å². The summed E-state index contributed by atoms with van der Waals surface area (Å²) >= 11 is 0. The molecule has 0 saturated heterocycles. The highest BCUT2D eigenvalue weighted by Gasteiger charge is 2.14. The average Bonchev–Trinajstić information content (AvgIpc) is 3.20. The van der Waals surface area contributed by atoms with E-state index in [-0.39, 0.29) is 12.5 Å². The van der Waals surface area contributed by atoms with E-state index in [0.29, 0.717) is 29.6 Å². The molecule has 27 heavy (non-hydrogen) atoms. The second kappa shape index (κ2) is 8.66. The van der Waals surface area contributed by atoms with Gasteiger partial charge in [0.2, 0.25) is 5.82 Å². The van der Waals surface area contributed by atoms with Crippen LogP contribution in [0.25, 0.3) is 11.4 Å². The minimum atomic E-state index is -0.241. The first kappa shape index (κ1) is 18.2. The lowest BCUT2D eigenvalue weighted by Gasteiger charge is -2.09. The number of aromatic nitrogens is 2. The second-order valence-corrected chi connectivity index (χ2v) is 5.52. The predicted octanol–water partition coefficient (Wildman–Crippen LogP) is 3.24. The maximum absolute atomic E-state index is 12.2. The largest absolute Gasteiger partial charge is 0.497 e. The summed E-state index contributed by atoms with van der Waals surface area (Å²) in [4.78, 5) is 16.5. The van der Waals surface area contributed by atoms with Gasteiger partial charge in [-0.15, -0.1) is 6.58 Å². The van der Waals surface area contributed by atoms with E-state index in [0.717, 1.165) is 11.3 Å². The van der Waals surface area contributed by atoms with Gasteiger partial charge in [-0.05, 0) is 36.4 Å². The molecule has 1 heterocycles. The summed E-state index contributed by atoms with van der Waals surface area (Å²) in [5.41, 5.74) is 1.23. The van der Waals surface area contributed by atoms with E-state index in [9.17, 15) is 4.79 Å². The van der Waals surface area contributed by atoms with Crippen molar-refractivity contribution >= 4 is 5.91 Å². The normalized spacial score (nSPS) is 10.3. The molecule has 0 unspecified atom stereocenters. The Morgan fingerprint density at radius 1 is 1.22 bits per heavy atom. The Labute approximate surface area is 156 Å². The van der Waals surface area contributed by atoms with Gasteiger partial charge in [0.1, 0.15) is 11.5 Å². The Kier molecular flexibility index (Phi) is 5.84. The van der Waals surface area contributed by atoms with E-state index in [1.165, 1.54) is 0 Å². The lowest BCUT2D eigenvalue weighted by molar-refractivity contribution is 0.0952. The fraction of sp³-hybridized carbons (Fsp3) is 0.150. The summed E-state index contributed by atoms with van der Waals surface area (Å²) in [6, 6.07) is 14.3. The summed E-state index contributed by atoms with van der Waals surface area (Å²) in [5.74, 6) is 1.70. The van der Waals surface area contributed by atoms with Crippen LogP contribution in [0.5, 0.6) is 11.5 Å². The molecule has 138 valence electrons. The number of hydrogen-bond donors (Lipinski definition) is 1. The highest BCUT2D eigenvalue weighted by atomic mass is 16.5. The van der Waals surface area contributed by atoms with Crippen LogP contribution in [0.1, 0.15) is 16.2 Å². The van der Waals surface area contributed by atoms with Gasteiger partial charge in [-0.1, -0.05) is 23.4 Å². The van der Waals surface area contributed by atoms with Crippen LogP contribution in [0.4, 0.5) is 0 Å². The number of methoxy groups -OCH3 is 1. The van der Waals surface area contributed by atoms with Crippen molar-refractivity contribution < 1.29 is 18.8 Å². The zero-order chi connectivity index (χ0) is 19.1. The molecule has 0 fully saturated rings. The van der Waals surface area contributed by atoms with Crippen LogP contribution in [-0.4, -0.2) is 29.7 Å². The third kappa shape index (κ3) is 4.52. The van der Waals surface area contributed by atoms with Crippen molar-refractivity contribution in [2.24, 2.45) is 0 Å². The first-order valence-electron chi connectivity index (χ1n) is 8.29. The van der Waals surface area contributed by atoms with Gasteiger partial charge in [-0.2, -0.15) is 4.98 Å². The number of para-hydroxylation sites is 1. The second-order valence-electron chi connectivity index (χ2n) is 5.52. The molecule has 7 heteroatoms. The molecular formula is C20H19N3O4. The highest BCUT2D eigenvalue weighted by molar-refractivity contribution is 5.96. The van der Waals surface area contributed by atoms with Gasteiger partial charge >= 0.3 is 0 Å². The number of carbonyl (C=O) groups is 1. The number of ether oxygens (including phenoxy) is 2. The fourth-order valence-electron chi connectivity index (χ4n) is 2.35. The zero-order valence-electron chi connectivity index (χ0n) is 14.8. The first-order chi connectivity index (χ1) is 13.2. The molecule has 3 rings (SSSR count). The van der Waals surface area contributed by atoms with Crippen LogP contribution in [0, 0.1) is 0 Å². The van der Waals surface area contributed by atoms with Gasteiger partial charge in [-0.25, -0.2) is 0 Å². The summed E-state index contributed by atoms with van der Waals surface area (Å²) in [6.45, 7) is 4.01. The lowest BCUT2D eigenvalue weighted by atomic mass is 10.2. The topological polar surface area (TPSA) is 86.5 Å². The van der Waals surface area contributed by atoms with Gasteiger partial charge in [0.05, 0.1) is 12.7 Å². The van der Waals surface area contributed by atoms with E-state index in [4.69, 9.17) is 14.0 Å². The Hall–Kier alpha value is -3.61. The minimum absolute atomic E-state index is 0.0505. The van der Waals surface area contributed by atoms with Crippen molar-refractivity contribution in [3.05, 3.63) is 72.6 Å². The molecule has 7 nitrogen and oxygen atoms in total. The molecule has 0 aliphatic carbocycles. The van der Waals surface area contributed by atoms with Crippen molar-refractivity contribution in [2.45, 2.75) is 6.61 Å². The molecule has 1 aromatic heterocycles. The number of benzene rings is 2. The lowest BCUT2D eigenvalue weighted by Crippen LogP contribution is -2.23. The molecule has 0 spiro atoms. The molecule has 0 atom stereocenters. The summed E-state index contributed by atoms with van der Waals surface area (Å²) in [6.07, 6.45) is 1.61. The summed E-state index contributed by atoms with van der Waals surface area (Å²) in [5, 5.41) is 6.68. The third-order valence-electron chi connectivity index (χ3n) is 3.71. The van der Waals surface area contributed by atoms with Crippen molar-refractivity contribution in [3.8, 4) is 22.9 Å². The van der Waals surface area contributed by atoms with E-state index in [1.807, 2.05) is 24.3 Å². The number of carbonyl (C=O) groups excluding carboxylic acids is 1. The maximum atomic E-state index is 12.2. The van der Waals surface area contributed by atoms with Crippen LogP contribution in [0.15, 0.2) is 65.7 Å². The van der Waals surface area contributed by atoms with Crippen LogP contribution in [0.2, 0.25) is 0 Å². The number of nitrogens with zero attached hydrogens (tertiary/aromatic N) is 2. The van der Waals surface area contributed by atoms with Crippen LogP contribution in [-0.2, 0) is 6.61 Å². The Balaban J connectivity index is 1.68. The smallest absolute Gasteiger partial charge is 0.264 e. The average molecular weight is 365 g/mol. The molecule has 0 radical (unpaired) electrons. The highest BCUT2D eigenvalue weighted by Crippen LogP contribution is 2.22. The Bertz CT molecular complexity index is 919. The van der Waals surface area contributed by atoms with E-state index < -0.39 is 0 Å². The quantitative estimate of drug-likeness (QED) is 0.617. The van der Waals surface area contributed by atoms with Crippen molar-refractivity contribution in [3.63, 3.8) is 0 Å². The SMILES string of the molecule is C=CCNC(=O)c1ccccc1OCc1nc(-c2ccc(OC)cc2)no1. The first-order valence-corrected chi connectivity index (χ1v) is 8.29. The predicted molar refractivity (Wildman–Crippen MR) is 99.6 cm³/mol. The maximum Gasteiger partial charge on any atom is 0.264 e. The molecule has 3 aromatic rings. The van der Waals surface area contributed by atoms with Gasteiger partial charge in [0, 0.05) is 12.1 Å². The number of amides is 1. The van der Waals surface area contributed by atoms with Gasteiger partial charge < -0.3 is 19.3 Å². The van der Waals surface area contributed by atoms with Crippen LogP contribution < -0.4 is 14.8 Å². The Morgan fingerprint density at radius 3 is 2.74 bits per heavy atom. The molecule has 0 aliphatic heterocycles. The van der Waals surface area contributed by atoms with Crippen molar-refractivity contribution in [2.75, 3.05) is 13.7 Å². The Morgan fingerprint density at radius 2 is 2.00 bits per heavy atom. The van der Waals surface area contributed by atoms with Gasteiger partial charge in [0.25, 0.3) is 11.8 Å². The minimum Gasteiger partial charge on any atom is -0.497 e. The molecule has 2 aromatic carbocycles. The molecule has 0 aliphatic rings. The standard InChI is InChI=1S/C20H19N3O4/c1-3-12-21-20(24)16-6-4-5-7-17(16)26-13-18-22-19(23-27-18)14-8-10-15(25-2)11-9-14/h3-11H,1,12-13H2,2H3,(H,21,24). The third-order valence-corrected chi connectivity index (χ3v) is 3.71.